The molecule has 0 aromatic heterocycles. The predicted molar refractivity (Wildman–Crippen MR) is 102 cm³/mol. The monoisotopic (exact) mass is 361 g/mol. The molecule has 1 aliphatic heterocycles. The number of hydrogen-bond donors (Lipinski definition) is 1. The van der Waals surface area contributed by atoms with Gasteiger partial charge in [0.15, 0.2) is 0 Å². The third-order valence-corrected chi connectivity index (χ3v) is 4.63. The summed E-state index contributed by atoms with van der Waals surface area (Å²) >= 11 is 0. The average molecular weight is 361 g/mol. The summed E-state index contributed by atoms with van der Waals surface area (Å²) in [6, 6.07) is 10.4. The van der Waals surface area contributed by atoms with Gasteiger partial charge in [0.1, 0.15) is 0 Å². The molecular formula is C20H31N3O3. The molecule has 1 unspecified atom stereocenters. The molecule has 1 heterocycles. The zero-order chi connectivity index (χ0) is 18.8. The smallest absolute Gasteiger partial charge is 0.409 e. The first kappa shape index (κ1) is 20.2. The molecule has 2 amide bonds. The summed E-state index contributed by atoms with van der Waals surface area (Å²) in [5, 5.41) is 3.02. The van der Waals surface area contributed by atoms with Crippen molar-refractivity contribution in [1.29, 1.82) is 0 Å². The van der Waals surface area contributed by atoms with Crippen molar-refractivity contribution >= 4 is 12.0 Å². The maximum absolute atomic E-state index is 12.4. The van der Waals surface area contributed by atoms with Crippen molar-refractivity contribution in [3.05, 3.63) is 35.9 Å². The largest absolute Gasteiger partial charge is 0.450 e. The zero-order valence-corrected chi connectivity index (χ0v) is 15.9. The molecule has 6 nitrogen and oxygen atoms in total. The van der Waals surface area contributed by atoms with E-state index in [0.29, 0.717) is 26.2 Å². The number of amides is 2. The molecule has 1 saturated heterocycles. The fourth-order valence-corrected chi connectivity index (χ4v) is 3.25. The number of rotatable bonds is 8. The lowest BCUT2D eigenvalue weighted by Gasteiger charge is -2.31. The van der Waals surface area contributed by atoms with Crippen LogP contribution in [0.3, 0.4) is 0 Å². The topological polar surface area (TPSA) is 61.9 Å². The second kappa shape index (κ2) is 10.8. The van der Waals surface area contributed by atoms with Crippen molar-refractivity contribution in [1.82, 2.24) is 15.1 Å². The van der Waals surface area contributed by atoms with Gasteiger partial charge >= 0.3 is 6.09 Å². The van der Waals surface area contributed by atoms with Gasteiger partial charge in [0, 0.05) is 26.2 Å². The molecule has 6 heteroatoms. The van der Waals surface area contributed by atoms with Crippen molar-refractivity contribution in [3.8, 4) is 0 Å². The van der Waals surface area contributed by atoms with E-state index in [2.05, 4.69) is 29.4 Å². The number of carbonyl (C=O) groups is 2. The van der Waals surface area contributed by atoms with Gasteiger partial charge in [0.2, 0.25) is 5.91 Å². The van der Waals surface area contributed by atoms with Crippen LogP contribution in [0, 0.1) is 5.92 Å². The molecule has 0 aliphatic carbocycles. The van der Waals surface area contributed by atoms with Crippen LogP contribution in [0.4, 0.5) is 4.79 Å². The van der Waals surface area contributed by atoms with Gasteiger partial charge < -0.3 is 19.9 Å². The second-order valence-corrected chi connectivity index (χ2v) is 6.85. The Morgan fingerprint density at radius 1 is 1.31 bits per heavy atom. The molecule has 0 bridgehead atoms. The molecule has 0 radical (unpaired) electrons. The maximum Gasteiger partial charge on any atom is 0.409 e. The van der Waals surface area contributed by atoms with Crippen LogP contribution in [0.5, 0.6) is 0 Å². The van der Waals surface area contributed by atoms with Crippen LogP contribution in [-0.4, -0.2) is 61.6 Å². The average Bonchev–Trinajstić information content (AvgIpc) is 2.66. The highest BCUT2D eigenvalue weighted by atomic mass is 16.6. The van der Waals surface area contributed by atoms with Crippen molar-refractivity contribution in [2.45, 2.75) is 32.7 Å². The number of hydrogen-bond acceptors (Lipinski definition) is 4. The number of nitrogens with zero attached hydrogens (tertiary/aromatic N) is 2. The van der Waals surface area contributed by atoms with Crippen molar-refractivity contribution < 1.29 is 14.3 Å². The molecule has 1 aromatic rings. The molecule has 0 saturated carbocycles. The van der Waals surface area contributed by atoms with Gasteiger partial charge in [0.05, 0.1) is 12.5 Å². The summed E-state index contributed by atoms with van der Waals surface area (Å²) in [5.41, 5.74) is 1.29. The first-order valence-corrected chi connectivity index (χ1v) is 9.52. The van der Waals surface area contributed by atoms with Crippen LogP contribution >= 0.6 is 0 Å². The van der Waals surface area contributed by atoms with Crippen LogP contribution in [0.25, 0.3) is 0 Å². The van der Waals surface area contributed by atoms with Gasteiger partial charge in [-0.15, -0.1) is 0 Å². The molecular weight excluding hydrogens is 330 g/mol. The minimum absolute atomic E-state index is 0.0460. The maximum atomic E-state index is 12.4. The summed E-state index contributed by atoms with van der Waals surface area (Å²) in [6.45, 7) is 5.78. The molecule has 26 heavy (non-hydrogen) atoms. The highest BCUT2D eigenvalue weighted by Crippen LogP contribution is 2.17. The van der Waals surface area contributed by atoms with E-state index < -0.39 is 0 Å². The Morgan fingerprint density at radius 3 is 2.81 bits per heavy atom. The quantitative estimate of drug-likeness (QED) is 0.723. The van der Waals surface area contributed by atoms with E-state index in [1.807, 2.05) is 18.2 Å². The Labute approximate surface area is 156 Å². The highest BCUT2D eigenvalue weighted by molar-refractivity contribution is 5.79. The fourth-order valence-electron chi connectivity index (χ4n) is 3.25. The molecule has 1 N–H and O–H groups in total. The first-order valence-electron chi connectivity index (χ1n) is 9.52. The molecule has 2 rings (SSSR count). The molecule has 0 spiro atoms. The number of ether oxygens (including phenoxy) is 1. The molecule has 1 atom stereocenters. The lowest BCUT2D eigenvalue weighted by Crippen LogP contribution is -2.46. The lowest BCUT2D eigenvalue weighted by molar-refractivity contribution is -0.126. The SMILES string of the molecule is CCOC(=O)N1CCCC(C(=O)NCCCN(C)Cc2ccccc2)C1. The van der Waals surface area contributed by atoms with Gasteiger partial charge in [-0.3, -0.25) is 4.79 Å². The minimum atomic E-state index is -0.312. The van der Waals surface area contributed by atoms with E-state index in [9.17, 15) is 9.59 Å². The Bertz CT molecular complexity index is 565. The zero-order valence-electron chi connectivity index (χ0n) is 15.9. The summed E-state index contributed by atoms with van der Waals surface area (Å²) in [6.07, 6.45) is 2.27. The van der Waals surface area contributed by atoms with Crippen LogP contribution in [0.2, 0.25) is 0 Å². The number of piperidine rings is 1. The van der Waals surface area contributed by atoms with Crippen LogP contribution in [0.15, 0.2) is 30.3 Å². The van der Waals surface area contributed by atoms with E-state index in [0.717, 1.165) is 32.4 Å². The van der Waals surface area contributed by atoms with Gasteiger partial charge in [-0.25, -0.2) is 4.79 Å². The molecule has 1 fully saturated rings. The van der Waals surface area contributed by atoms with E-state index in [4.69, 9.17) is 4.74 Å². The third-order valence-electron chi connectivity index (χ3n) is 4.63. The van der Waals surface area contributed by atoms with Crippen LogP contribution in [0.1, 0.15) is 31.7 Å². The molecule has 1 aromatic carbocycles. The van der Waals surface area contributed by atoms with Crippen LogP contribution < -0.4 is 5.32 Å². The van der Waals surface area contributed by atoms with Gasteiger partial charge in [-0.1, -0.05) is 30.3 Å². The number of nitrogens with one attached hydrogen (secondary N) is 1. The molecule has 1 aliphatic rings. The summed E-state index contributed by atoms with van der Waals surface area (Å²) in [7, 11) is 2.09. The van der Waals surface area contributed by atoms with E-state index >= 15 is 0 Å². The fraction of sp³-hybridized carbons (Fsp3) is 0.600. The highest BCUT2D eigenvalue weighted by Gasteiger charge is 2.28. The lowest BCUT2D eigenvalue weighted by atomic mass is 9.97. The Balaban J connectivity index is 1.64. The minimum Gasteiger partial charge on any atom is -0.450 e. The van der Waals surface area contributed by atoms with E-state index in [1.54, 1.807) is 11.8 Å². The summed E-state index contributed by atoms with van der Waals surface area (Å²) in [5.74, 6) is -0.0834. The van der Waals surface area contributed by atoms with Crippen LogP contribution in [-0.2, 0) is 16.1 Å². The van der Waals surface area contributed by atoms with Crippen molar-refractivity contribution in [3.63, 3.8) is 0 Å². The Hall–Kier alpha value is -2.08. The number of benzene rings is 1. The number of carbonyl (C=O) groups excluding carboxylic acids is 2. The normalized spacial score (nSPS) is 17.2. The van der Waals surface area contributed by atoms with Gasteiger partial charge in [-0.05, 0) is 45.3 Å². The summed E-state index contributed by atoms with van der Waals surface area (Å²) in [4.78, 5) is 28.1. The Morgan fingerprint density at radius 2 is 2.08 bits per heavy atom. The van der Waals surface area contributed by atoms with Crippen molar-refractivity contribution in [2.24, 2.45) is 5.92 Å². The molecule has 144 valence electrons. The van der Waals surface area contributed by atoms with E-state index in [1.165, 1.54) is 5.56 Å². The predicted octanol–water partition coefficient (Wildman–Crippen LogP) is 2.49. The second-order valence-electron chi connectivity index (χ2n) is 6.85. The summed E-state index contributed by atoms with van der Waals surface area (Å²) < 4.78 is 5.03. The van der Waals surface area contributed by atoms with Gasteiger partial charge in [-0.2, -0.15) is 0 Å². The van der Waals surface area contributed by atoms with Gasteiger partial charge in [0.25, 0.3) is 0 Å². The Kier molecular flexibility index (Phi) is 8.41. The van der Waals surface area contributed by atoms with E-state index in [-0.39, 0.29) is 17.9 Å². The third kappa shape index (κ3) is 6.67. The van der Waals surface area contributed by atoms with Crippen molar-refractivity contribution in [2.75, 3.05) is 39.8 Å². The first-order chi connectivity index (χ1) is 12.6. The number of likely N-dealkylation sites (tertiary alicyclic amines) is 1. The standard InChI is InChI=1S/C20H31N3O3/c1-3-26-20(25)23-14-7-11-18(16-23)19(24)21-12-8-13-22(2)15-17-9-5-4-6-10-17/h4-6,9-10,18H,3,7-8,11-16H2,1-2H3,(H,21,24).